The fourth-order valence-corrected chi connectivity index (χ4v) is 4.14. The molecule has 4 heteroatoms. The van der Waals surface area contributed by atoms with Crippen LogP contribution >= 0.6 is 11.3 Å². The number of carbonyl (C=O) groups is 1. The highest BCUT2D eigenvalue weighted by Crippen LogP contribution is 2.34. The zero-order valence-electron chi connectivity index (χ0n) is 14.8. The van der Waals surface area contributed by atoms with Crippen LogP contribution < -0.4 is 5.32 Å². The average Bonchev–Trinajstić information content (AvgIpc) is 3.53. The maximum Gasteiger partial charge on any atom is 0.234 e. The summed E-state index contributed by atoms with van der Waals surface area (Å²) in [6.07, 6.45) is 5.19. The van der Waals surface area contributed by atoms with Gasteiger partial charge in [0.05, 0.1) is 12.6 Å². The molecule has 2 saturated carbocycles. The van der Waals surface area contributed by atoms with Gasteiger partial charge in [0.15, 0.2) is 0 Å². The first-order valence-electron chi connectivity index (χ1n) is 9.32. The molecule has 25 heavy (non-hydrogen) atoms. The Kier molecular flexibility index (Phi) is 4.91. The van der Waals surface area contributed by atoms with Crippen molar-refractivity contribution in [2.24, 2.45) is 5.92 Å². The van der Waals surface area contributed by atoms with Crippen molar-refractivity contribution < 1.29 is 4.79 Å². The van der Waals surface area contributed by atoms with Crippen LogP contribution in [-0.4, -0.2) is 29.9 Å². The molecule has 1 unspecified atom stereocenters. The molecule has 2 aliphatic carbocycles. The van der Waals surface area contributed by atoms with Gasteiger partial charge in [-0.1, -0.05) is 35.9 Å². The minimum atomic E-state index is -0.0462. The van der Waals surface area contributed by atoms with Gasteiger partial charge in [0, 0.05) is 17.5 Å². The molecule has 0 saturated heterocycles. The van der Waals surface area contributed by atoms with Crippen LogP contribution in [-0.2, 0) is 4.79 Å². The normalized spacial score (nSPS) is 18.3. The summed E-state index contributed by atoms with van der Waals surface area (Å²) in [6, 6.07) is 13.2. The number of nitrogens with one attached hydrogen (secondary N) is 1. The number of hydrogen-bond donors (Lipinski definition) is 1. The third kappa shape index (κ3) is 4.50. The zero-order chi connectivity index (χ0) is 17.2. The Morgan fingerprint density at radius 3 is 2.56 bits per heavy atom. The Morgan fingerprint density at radius 2 is 1.96 bits per heavy atom. The van der Waals surface area contributed by atoms with E-state index in [0.717, 1.165) is 18.0 Å². The number of hydrogen-bond acceptors (Lipinski definition) is 3. The van der Waals surface area contributed by atoms with Crippen molar-refractivity contribution in [3.05, 3.63) is 57.8 Å². The Balaban J connectivity index is 1.45. The molecule has 0 radical (unpaired) electrons. The fraction of sp³-hybridized carbons (Fsp3) is 0.476. The van der Waals surface area contributed by atoms with Gasteiger partial charge in [0.1, 0.15) is 0 Å². The largest absolute Gasteiger partial charge is 0.343 e. The molecular formula is C21H26N2OS. The molecule has 132 valence electrons. The van der Waals surface area contributed by atoms with Crippen LogP contribution in [0.4, 0.5) is 0 Å². The molecular weight excluding hydrogens is 328 g/mol. The molecule has 4 rings (SSSR count). The lowest BCUT2D eigenvalue weighted by atomic mass is 10.0. The van der Waals surface area contributed by atoms with Crippen LogP contribution in [0.3, 0.4) is 0 Å². The van der Waals surface area contributed by atoms with Gasteiger partial charge in [-0.05, 0) is 55.5 Å². The maximum atomic E-state index is 12.8. The minimum absolute atomic E-state index is 0.0462. The molecule has 1 atom stereocenters. The van der Waals surface area contributed by atoms with E-state index >= 15 is 0 Å². The van der Waals surface area contributed by atoms with Gasteiger partial charge in [-0.2, -0.15) is 0 Å². The van der Waals surface area contributed by atoms with Gasteiger partial charge < -0.3 is 5.32 Å². The van der Waals surface area contributed by atoms with Crippen molar-refractivity contribution in [1.29, 1.82) is 0 Å². The van der Waals surface area contributed by atoms with Gasteiger partial charge in [-0.3, -0.25) is 9.69 Å². The lowest BCUT2D eigenvalue weighted by Gasteiger charge is -2.24. The number of benzene rings is 1. The van der Waals surface area contributed by atoms with E-state index in [9.17, 15) is 4.79 Å². The van der Waals surface area contributed by atoms with E-state index in [0.29, 0.717) is 12.6 Å². The van der Waals surface area contributed by atoms with Gasteiger partial charge in [0.25, 0.3) is 0 Å². The first-order chi connectivity index (χ1) is 12.2. The van der Waals surface area contributed by atoms with Crippen molar-refractivity contribution in [3.63, 3.8) is 0 Å². The number of amides is 1. The molecule has 0 aliphatic heterocycles. The summed E-state index contributed by atoms with van der Waals surface area (Å²) in [6.45, 7) is 3.73. The van der Waals surface area contributed by atoms with Crippen molar-refractivity contribution in [1.82, 2.24) is 10.2 Å². The van der Waals surface area contributed by atoms with Crippen LogP contribution in [0.15, 0.2) is 41.8 Å². The molecule has 3 nitrogen and oxygen atoms in total. The topological polar surface area (TPSA) is 32.3 Å². The summed E-state index contributed by atoms with van der Waals surface area (Å²) in [7, 11) is 0. The summed E-state index contributed by atoms with van der Waals surface area (Å²) in [5, 5.41) is 5.37. The average molecular weight is 355 g/mol. The van der Waals surface area contributed by atoms with Gasteiger partial charge in [0.2, 0.25) is 5.91 Å². The van der Waals surface area contributed by atoms with E-state index in [1.807, 2.05) is 0 Å². The number of rotatable bonds is 8. The van der Waals surface area contributed by atoms with Gasteiger partial charge >= 0.3 is 0 Å². The van der Waals surface area contributed by atoms with E-state index in [1.165, 1.54) is 36.1 Å². The fourth-order valence-electron chi connectivity index (χ4n) is 3.34. The SMILES string of the molecule is Cc1ccc(C(NC(=O)CN(CC2CC2)C2CC2)c2cccs2)cc1. The van der Waals surface area contributed by atoms with Crippen LogP contribution in [0.25, 0.3) is 0 Å². The second kappa shape index (κ2) is 7.30. The van der Waals surface area contributed by atoms with E-state index in [2.05, 4.69) is 58.9 Å². The lowest BCUT2D eigenvalue weighted by Crippen LogP contribution is -2.41. The molecule has 2 fully saturated rings. The number of nitrogens with zero attached hydrogens (tertiary/aromatic N) is 1. The molecule has 0 bridgehead atoms. The number of thiophene rings is 1. The second-order valence-electron chi connectivity index (χ2n) is 7.53. The van der Waals surface area contributed by atoms with Gasteiger partial charge in [-0.15, -0.1) is 11.3 Å². The summed E-state index contributed by atoms with van der Waals surface area (Å²) >= 11 is 1.70. The smallest absolute Gasteiger partial charge is 0.234 e. The number of aryl methyl sites for hydroxylation is 1. The standard InChI is InChI=1S/C21H26N2OS/c1-15-4-8-17(9-5-15)21(19-3-2-12-25-19)22-20(24)14-23(18-10-11-18)13-16-6-7-16/h2-5,8-9,12,16,18,21H,6-7,10-11,13-14H2,1H3,(H,22,24). The third-order valence-corrected chi connectivity index (χ3v) is 6.08. The summed E-state index contributed by atoms with van der Waals surface area (Å²) < 4.78 is 0. The predicted molar refractivity (Wildman–Crippen MR) is 103 cm³/mol. The Morgan fingerprint density at radius 1 is 1.20 bits per heavy atom. The maximum absolute atomic E-state index is 12.8. The van der Waals surface area contributed by atoms with Crippen molar-refractivity contribution in [2.45, 2.75) is 44.7 Å². The van der Waals surface area contributed by atoms with Crippen molar-refractivity contribution >= 4 is 17.2 Å². The second-order valence-corrected chi connectivity index (χ2v) is 8.51. The van der Waals surface area contributed by atoms with Gasteiger partial charge in [-0.25, -0.2) is 0 Å². The molecule has 1 aromatic carbocycles. The first kappa shape index (κ1) is 16.8. The van der Waals surface area contributed by atoms with Crippen LogP contribution in [0.1, 0.15) is 47.7 Å². The summed E-state index contributed by atoms with van der Waals surface area (Å²) in [4.78, 5) is 16.4. The molecule has 1 heterocycles. The monoisotopic (exact) mass is 354 g/mol. The van der Waals surface area contributed by atoms with E-state index in [4.69, 9.17) is 0 Å². The molecule has 1 amide bonds. The molecule has 2 aliphatic rings. The Labute approximate surface area is 154 Å². The third-order valence-electron chi connectivity index (χ3n) is 5.14. The molecule has 2 aromatic rings. The highest BCUT2D eigenvalue weighted by atomic mass is 32.1. The van der Waals surface area contributed by atoms with Crippen molar-refractivity contribution in [3.8, 4) is 0 Å². The number of carbonyl (C=O) groups excluding carboxylic acids is 1. The van der Waals surface area contributed by atoms with Crippen molar-refractivity contribution in [2.75, 3.05) is 13.1 Å². The van der Waals surface area contributed by atoms with E-state index in [-0.39, 0.29) is 11.9 Å². The summed E-state index contributed by atoms with van der Waals surface area (Å²) in [5.74, 6) is 0.977. The molecule has 1 N–H and O–H groups in total. The Bertz CT molecular complexity index is 702. The van der Waals surface area contributed by atoms with Crippen LogP contribution in [0, 0.1) is 12.8 Å². The summed E-state index contributed by atoms with van der Waals surface area (Å²) in [5.41, 5.74) is 2.39. The predicted octanol–water partition coefficient (Wildman–Crippen LogP) is 4.14. The Hall–Kier alpha value is -1.65. The van der Waals surface area contributed by atoms with E-state index < -0.39 is 0 Å². The quantitative estimate of drug-likeness (QED) is 0.773. The highest BCUT2D eigenvalue weighted by Gasteiger charge is 2.34. The zero-order valence-corrected chi connectivity index (χ0v) is 15.6. The lowest BCUT2D eigenvalue weighted by molar-refractivity contribution is -0.123. The first-order valence-corrected chi connectivity index (χ1v) is 10.2. The minimum Gasteiger partial charge on any atom is -0.343 e. The van der Waals surface area contributed by atoms with E-state index in [1.54, 1.807) is 11.3 Å². The molecule has 0 spiro atoms. The van der Waals surface area contributed by atoms with Crippen LogP contribution in [0.2, 0.25) is 0 Å². The molecule has 1 aromatic heterocycles. The highest BCUT2D eigenvalue weighted by molar-refractivity contribution is 7.10. The van der Waals surface area contributed by atoms with Crippen LogP contribution in [0.5, 0.6) is 0 Å².